The molecule has 2 rings (SSSR count). The first-order valence-corrected chi connectivity index (χ1v) is 5.94. The molecule has 1 aromatic heterocycles. The summed E-state index contributed by atoms with van der Waals surface area (Å²) < 4.78 is 2.26. The number of rotatable bonds is 5. The van der Waals surface area contributed by atoms with Crippen molar-refractivity contribution in [2.24, 2.45) is 0 Å². The van der Waals surface area contributed by atoms with Crippen molar-refractivity contribution in [1.82, 2.24) is 9.55 Å². The van der Waals surface area contributed by atoms with Crippen LogP contribution in [-0.2, 0) is 19.4 Å². The zero-order chi connectivity index (χ0) is 11.2. The second kappa shape index (κ2) is 5.50. The van der Waals surface area contributed by atoms with E-state index in [-0.39, 0.29) is 0 Å². The van der Waals surface area contributed by atoms with Crippen LogP contribution in [-0.4, -0.2) is 9.55 Å². The van der Waals surface area contributed by atoms with E-state index in [1.54, 1.807) is 0 Å². The van der Waals surface area contributed by atoms with Gasteiger partial charge in [-0.3, -0.25) is 0 Å². The summed E-state index contributed by atoms with van der Waals surface area (Å²) in [5, 5.41) is 0. The number of hydrogen-bond donors (Lipinski definition) is 0. The van der Waals surface area contributed by atoms with Gasteiger partial charge in [0, 0.05) is 25.4 Å². The van der Waals surface area contributed by atoms with E-state index < -0.39 is 0 Å². The predicted octanol–water partition coefficient (Wildman–Crippen LogP) is 3.08. The molecule has 1 aromatic carbocycles. The van der Waals surface area contributed by atoms with Gasteiger partial charge in [-0.2, -0.15) is 0 Å². The lowest BCUT2D eigenvalue weighted by molar-refractivity contribution is 0.642. The van der Waals surface area contributed by atoms with E-state index in [1.165, 1.54) is 11.4 Å². The van der Waals surface area contributed by atoms with E-state index in [4.69, 9.17) is 0 Å². The molecule has 0 saturated carbocycles. The molecule has 2 aromatic rings. The van der Waals surface area contributed by atoms with Crippen LogP contribution >= 0.6 is 0 Å². The van der Waals surface area contributed by atoms with Gasteiger partial charge in [-0.05, 0) is 18.4 Å². The Labute approximate surface area is 97.0 Å². The largest absolute Gasteiger partial charge is 0.335 e. The highest BCUT2D eigenvalue weighted by atomic mass is 15.1. The van der Waals surface area contributed by atoms with Crippen molar-refractivity contribution < 1.29 is 0 Å². The highest BCUT2D eigenvalue weighted by molar-refractivity contribution is 5.14. The van der Waals surface area contributed by atoms with Crippen LogP contribution in [0.3, 0.4) is 0 Å². The van der Waals surface area contributed by atoms with Crippen LogP contribution in [0.25, 0.3) is 0 Å². The molecule has 0 unspecified atom stereocenters. The third-order valence-electron chi connectivity index (χ3n) is 2.76. The normalized spacial score (nSPS) is 10.6. The Bertz CT molecular complexity index is 417. The molecule has 0 aliphatic rings. The summed E-state index contributed by atoms with van der Waals surface area (Å²) >= 11 is 0. The zero-order valence-electron chi connectivity index (χ0n) is 9.76. The average molecular weight is 214 g/mol. The van der Waals surface area contributed by atoms with Crippen LogP contribution in [0.2, 0.25) is 0 Å². The van der Waals surface area contributed by atoms with E-state index in [2.05, 4.69) is 53.0 Å². The van der Waals surface area contributed by atoms with Gasteiger partial charge in [0.15, 0.2) is 0 Å². The third-order valence-corrected chi connectivity index (χ3v) is 2.76. The van der Waals surface area contributed by atoms with Crippen LogP contribution in [0.15, 0.2) is 42.7 Å². The van der Waals surface area contributed by atoms with Crippen molar-refractivity contribution >= 4 is 0 Å². The Hall–Kier alpha value is -1.57. The van der Waals surface area contributed by atoms with Gasteiger partial charge in [0.1, 0.15) is 5.82 Å². The molecular weight excluding hydrogens is 196 g/mol. The summed E-state index contributed by atoms with van der Waals surface area (Å²) in [6.07, 6.45) is 7.28. The lowest BCUT2D eigenvalue weighted by Crippen LogP contribution is -2.05. The Morgan fingerprint density at radius 2 is 1.94 bits per heavy atom. The molecule has 16 heavy (non-hydrogen) atoms. The molecule has 0 aliphatic carbocycles. The number of benzene rings is 1. The van der Waals surface area contributed by atoms with Crippen molar-refractivity contribution in [3.8, 4) is 0 Å². The lowest BCUT2D eigenvalue weighted by atomic mass is 10.1. The quantitative estimate of drug-likeness (QED) is 0.748. The SMILES string of the molecule is CCCc1nccn1CCc1ccccc1. The van der Waals surface area contributed by atoms with Crippen molar-refractivity contribution in [1.29, 1.82) is 0 Å². The molecule has 84 valence electrons. The summed E-state index contributed by atoms with van der Waals surface area (Å²) in [6, 6.07) is 10.6. The van der Waals surface area contributed by atoms with Gasteiger partial charge in [0.2, 0.25) is 0 Å². The van der Waals surface area contributed by atoms with Gasteiger partial charge in [-0.15, -0.1) is 0 Å². The van der Waals surface area contributed by atoms with Crippen molar-refractivity contribution in [2.45, 2.75) is 32.7 Å². The van der Waals surface area contributed by atoms with Crippen LogP contribution in [0.5, 0.6) is 0 Å². The molecule has 0 spiro atoms. The third kappa shape index (κ3) is 2.72. The van der Waals surface area contributed by atoms with Crippen LogP contribution < -0.4 is 0 Å². The Morgan fingerprint density at radius 1 is 1.12 bits per heavy atom. The molecule has 0 atom stereocenters. The van der Waals surface area contributed by atoms with Gasteiger partial charge < -0.3 is 4.57 Å². The first-order chi connectivity index (χ1) is 7.90. The molecule has 1 heterocycles. The first-order valence-electron chi connectivity index (χ1n) is 5.94. The van der Waals surface area contributed by atoms with Crippen LogP contribution in [0.1, 0.15) is 24.7 Å². The minimum absolute atomic E-state index is 1.03. The maximum atomic E-state index is 4.38. The van der Waals surface area contributed by atoms with Gasteiger partial charge in [-0.25, -0.2) is 4.98 Å². The second-order valence-electron chi connectivity index (χ2n) is 4.02. The number of aryl methyl sites for hydroxylation is 3. The van der Waals surface area contributed by atoms with Gasteiger partial charge in [0.05, 0.1) is 0 Å². The number of nitrogens with zero attached hydrogens (tertiary/aromatic N) is 2. The smallest absolute Gasteiger partial charge is 0.108 e. The van der Waals surface area contributed by atoms with Gasteiger partial charge in [-0.1, -0.05) is 37.3 Å². The first kappa shape index (κ1) is 10.9. The highest BCUT2D eigenvalue weighted by Gasteiger charge is 2.01. The molecule has 0 amide bonds. The minimum Gasteiger partial charge on any atom is -0.335 e. The monoisotopic (exact) mass is 214 g/mol. The summed E-state index contributed by atoms with van der Waals surface area (Å²) in [5.74, 6) is 1.21. The fraction of sp³-hybridized carbons (Fsp3) is 0.357. The molecule has 0 saturated heterocycles. The fourth-order valence-electron chi connectivity index (χ4n) is 1.89. The Balaban J connectivity index is 1.97. The molecule has 0 N–H and O–H groups in total. The summed E-state index contributed by atoms with van der Waals surface area (Å²) in [6.45, 7) is 3.22. The zero-order valence-corrected chi connectivity index (χ0v) is 9.76. The number of aromatic nitrogens is 2. The summed E-state index contributed by atoms with van der Waals surface area (Å²) in [5.41, 5.74) is 1.39. The standard InChI is InChI=1S/C14H18N2/c1-2-6-14-15-10-12-16(14)11-9-13-7-4-3-5-8-13/h3-5,7-8,10,12H,2,6,9,11H2,1H3. The molecule has 0 aliphatic heterocycles. The van der Waals surface area contributed by atoms with Gasteiger partial charge in [0.25, 0.3) is 0 Å². The Morgan fingerprint density at radius 3 is 2.69 bits per heavy atom. The van der Waals surface area contributed by atoms with Crippen LogP contribution in [0, 0.1) is 0 Å². The van der Waals surface area contributed by atoms with E-state index in [1.807, 2.05) is 6.20 Å². The van der Waals surface area contributed by atoms with Crippen LogP contribution in [0.4, 0.5) is 0 Å². The minimum atomic E-state index is 1.03. The number of imidazole rings is 1. The second-order valence-corrected chi connectivity index (χ2v) is 4.02. The molecule has 2 nitrogen and oxygen atoms in total. The molecular formula is C14H18N2. The lowest BCUT2D eigenvalue weighted by Gasteiger charge is -2.06. The van der Waals surface area contributed by atoms with Crippen molar-refractivity contribution in [3.05, 3.63) is 54.1 Å². The van der Waals surface area contributed by atoms with E-state index in [9.17, 15) is 0 Å². The van der Waals surface area contributed by atoms with Crippen molar-refractivity contribution in [2.75, 3.05) is 0 Å². The van der Waals surface area contributed by atoms with E-state index in [0.29, 0.717) is 0 Å². The summed E-state index contributed by atoms with van der Waals surface area (Å²) in [7, 11) is 0. The Kier molecular flexibility index (Phi) is 3.76. The van der Waals surface area contributed by atoms with E-state index in [0.717, 1.165) is 25.8 Å². The molecule has 0 bridgehead atoms. The maximum Gasteiger partial charge on any atom is 0.108 e. The fourth-order valence-corrected chi connectivity index (χ4v) is 1.89. The topological polar surface area (TPSA) is 17.8 Å². The van der Waals surface area contributed by atoms with Crippen molar-refractivity contribution in [3.63, 3.8) is 0 Å². The maximum absolute atomic E-state index is 4.38. The van der Waals surface area contributed by atoms with Gasteiger partial charge >= 0.3 is 0 Å². The predicted molar refractivity (Wildman–Crippen MR) is 66.4 cm³/mol. The molecule has 0 radical (unpaired) electrons. The highest BCUT2D eigenvalue weighted by Crippen LogP contribution is 2.05. The number of hydrogen-bond acceptors (Lipinski definition) is 1. The molecule has 2 heteroatoms. The summed E-state index contributed by atoms with van der Waals surface area (Å²) in [4.78, 5) is 4.38. The average Bonchev–Trinajstić information content (AvgIpc) is 2.76. The van der Waals surface area contributed by atoms with E-state index >= 15 is 0 Å². The molecule has 0 fully saturated rings.